The number of hydrogen-bond acceptors (Lipinski definition) is 4. The predicted molar refractivity (Wildman–Crippen MR) is 93.5 cm³/mol. The first-order valence-corrected chi connectivity index (χ1v) is 9.13. The van der Waals surface area contributed by atoms with E-state index < -0.39 is 0 Å². The summed E-state index contributed by atoms with van der Waals surface area (Å²) in [6.45, 7) is 6.03. The van der Waals surface area contributed by atoms with Gasteiger partial charge in [-0.1, -0.05) is 6.92 Å². The lowest BCUT2D eigenvalue weighted by molar-refractivity contribution is -0.134. The Hall–Kier alpha value is -1.75. The first-order valence-electron chi connectivity index (χ1n) is 9.13. The van der Waals surface area contributed by atoms with E-state index in [0.29, 0.717) is 6.61 Å². The standard InChI is InChI=1S/C19H28N2O3/c1-2-14-23-16-5-7-17(8-6-16)24-15-13-21-12-4-10-19(21)9-3-11-20-18(19)22/h5-8H,2-4,9-15H2,1H3,(H,20,22). The van der Waals surface area contributed by atoms with Gasteiger partial charge in [-0.15, -0.1) is 0 Å². The highest BCUT2D eigenvalue weighted by atomic mass is 16.5. The Morgan fingerprint density at radius 2 is 1.75 bits per heavy atom. The summed E-state index contributed by atoms with van der Waals surface area (Å²) in [5.41, 5.74) is -0.278. The zero-order valence-corrected chi connectivity index (χ0v) is 14.6. The van der Waals surface area contributed by atoms with Crippen LogP contribution < -0.4 is 14.8 Å². The summed E-state index contributed by atoms with van der Waals surface area (Å²) in [5.74, 6) is 1.94. The van der Waals surface area contributed by atoms with Gasteiger partial charge in [0.15, 0.2) is 0 Å². The van der Waals surface area contributed by atoms with Gasteiger partial charge in [0.25, 0.3) is 0 Å². The van der Waals surface area contributed by atoms with Crippen LogP contribution in [-0.4, -0.2) is 49.2 Å². The van der Waals surface area contributed by atoms with Crippen LogP contribution in [0.2, 0.25) is 0 Å². The Labute approximate surface area is 144 Å². The van der Waals surface area contributed by atoms with Crippen LogP contribution >= 0.6 is 0 Å². The molecule has 1 aromatic rings. The molecule has 0 aromatic heterocycles. The van der Waals surface area contributed by atoms with Crippen molar-refractivity contribution < 1.29 is 14.3 Å². The molecule has 2 fully saturated rings. The average molecular weight is 332 g/mol. The van der Waals surface area contributed by atoms with Gasteiger partial charge in [-0.25, -0.2) is 0 Å². The number of benzene rings is 1. The number of piperidine rings is 1. The van der Waals surface area contributed by atoms with E-state index in [1.807, 2.05) is 24.3 Å². The normalized spacial score (nSPS) is 24.1. The Balaban J connectivity index is 1.49. The SMILES string of the molecule is CCCOc1ccc(OCCN2CCCC23CCCNC3=O)cc1. The molecule has 1 unspecified atom stereocenters. The summed E-state index contributed by atoms with van der Waals surface area (Å²) in [7, 11) is 0. The number of hydrogen-bond donors (Lipinski definition) is 1. The lowest BCUT2D eigenvalue weighted by Crippen LogP contribution is -2.59. The number of ether oxygens (including phenoxy) is 2. The molecular formula is C19H28N2O3. The van der Waals surface area contributed by atoms with Crippen molar-refractivity contribution in [3.8, 4) is 11.5 Å². The topological polar surface area (TPSA) is 50.8 Å². The molecule has 1 aromatic carbocycles. The van der Waals surface area contributed by atoms with Crippen LogP contribution in [0.3, 0.4) is 0 Å². The van der Waals surface area contributed by atoms with Crippen LogP contribution in [0.4, 0.5) is 0 Å². The van der Waals surface area contributed by atoms with Crippen LogP contribution in [0.25, 0.3) is 0 Å². The van der Waals surface area contributed by atoms with E-state index in [1.54, 1.807) is 0 Å². The van der Waals surface area contributed by atoms with Crippen molar-refractivity contribution in [1.29, 1.82) is 0 Å². The minimum Gasteiger partial charge on any atom is -0.494 e. The molecule has 5 nitrogen and oxygen atoms in total. The second kappa shape index (κ2) is 7.88. The largest absolute Gasteiger partial charge is 0.494 e. The molecule has 3 rings (SSSR count). The van der Waals surface area contributed by atoms with Gasteiger partial charge in [0.2, 0.25) is 5.91 Å². The maximum atomic E-state index is 12.4. The Morgan fingerprint density at radius 1 is 1.08 bits per heavy atom. The molecule has 1 atom stereocenters. The van der Waals surface area contributed by atoms with E-state index >= 15 is 0 Å². The minimum absolute atomic E-state index is 0.212. The Bertz CT molecular complexity index is 546. The molecule has 1 N–H and O–H groups in total. The second-order valence-electron chi connectivity index (χ2n) is 6.65. The quantitative estimate of drug-likeness (QED) is 0.834. The van der Waals surface area contributed by atoms with Gasteiger partial charge in [-0.3, -0.25) is 9.69 Å². The fraction of sp³-hybridized carbons (Fsp3) is 0.632. The number of rotatable bonds is 7. The highest BCUT2D eigenvalue weighted by Gasteiger charge is 2.47. The number of amides is 1. The summed E-state index contributed by atoms with van der Waals surface area (Å²) in [4.78, 5) is 14.7. The smallest absolute Gasteiger partial charge is 0.240 e. The minimum atomic E-state index is -0.278. The van der Waals surface area contributed by atoms with Gasteiger partial charge in [0, 0.05) is 13.1 Å². The molecule has 24 heavy (non-hydrogen) atoms. The van der Waals surface area contributed by atoms with E-state index in [-0.39, 0.29) is 11.4 Å². The maximum absolute atomic E-state index is 12.4. The summed E-state index contributed by atoms with van der Waals surface area (Å²) in [6.07, 6.45) is 5.12. The van der Waals surface area contributed by atoms with Gasteiger partial charge in [0.05, 0.1) is 6.61 Å². The van der Waals surface area contributed by atoms with Gasteiger partial charge < -0.3 is 14.8 Å². The first-order chi connectivity index (χ1) is 11.7. The van der Waals surface area contributed by atoms with Crippen LogP contribution in [0.15, 0.2) is 24.3 Å². The average Bonchev–Trinajstić information content (AvgIpc) is 3.00. The van der Waals surface area contributed by atoms with E-state index in [0.717, 1.165) is 69.8 Å². The molecule has 0 radical (unpaired) electrons. The molecule has 132 valence electrons. The number of nitrogens with one attached hydrogen (secondary N) is 1. The van der Waals surface area contributed by atoms with Crippen LogP contribution in [0, 0.1) is 0 Å². The van der Waals surface area contributed by atoms with Gasteiger partial charge in [-0.05, 0) is 62.9 Å². The van der Waals surface area contributed by atoms with Crippen molar-refractivity contribution >= 4 is 5.91 Å². The Kier molecular flexibility index (Phi) is 5.61. The van der Waals surface area contributed by atoms with Crippen LogP contribution in [0.5, 0.6) is 11.5 Å². The summed E-state index contributed by atoms with van der Waals surface area (Å²) < 4.78 is 11.4. The zero-order chi connectivity index (χ0) is 16.8. The molecule has 5 heteroatoms. The van der Waals surface area contributed by atoms with Crippen molar-refractivity contribution in [1.82, 2.24) is 10.2 Å². The number of likely N-dealkylation sites (tertiary alicyclic amines) is 1. The van der Waals surface area contributed by atoms with Crippen LogP contribution in [-0.2, 0) is 4.79 Å². The molecule has 0 aliphatic carbocycles. The third-order valence-corrected chi connectivity index (χ3v) is 5.03. The number of nitrogens with zero attached hydrogens (tertiary/aromatic N) is 1. The van der Waals surface area contributed by atoms with Gasteiger partial charge in [-0.2, -0.15) is 0 Å². The van der Waals surface area contributed by atoms with Gasteiger partial charge >= 0.3 is 0 Å². The zero-order valence-electron chi connectivity index (χ0n) is 14.6. The lowest BCUT2D eigenvalue weighted by Gasteiger charge is -2.40. The number of carbonyl (C=O) groups excluding carboxylic acids is 1. The lowest BCUT2D eigenvalue weighted by atomic mass is 9.86. The molecule has 2 heterocycles. The van der Waals surface area contributed by atoms with Crippen molar-refractivity contribution in [2.75, 3.05) is 32.8 Å². The second-order valence-corrected chi connectivity index (χ2v) is 6.65. The van der Waals surface area contributed by atoms with Crippen molar-refractivity contribution in [2.45, 2.75) is 44.6 Å². The fourth-order valence-electron chi connectivity index (χ4n) is 3.79. The summed E-state index contributed by atoms with van der Waals surface area (Å²) >= 11 is 0. The molecule has 2 aliphatic heterocycles. The molecule has 2 saturated heterocycles. The summed E-state index contributed by atoms with van der Waals surface area (Å²) in [5, 5.41) is 3.04. The number of carbonyl (C=O) groups is 1. The van der Waals surface area contributed by atoms with Crippen LogP contribution in [0.1, 0.15) is 39.0 Å². The molecule has 0 bridgehead atoms. The van der Waals surface area contributed by atoms with E-state index in [9.17, 15) is 4.79 Å². The monoisotopic (exact) mass is 332 g/mol. The highest BCUT2D eigenvalue weighted by Crippen LogP contribution is 2.35. The van der Waals surface area contributed by atoms with Crippen molar-refractivity contribution in [3.63, 3.8) is 0 Å². The Morgan fingerprint density at radius 3 is 2.42 bits per heavy atom. The molecule has 2 aliphatic rings. The first kappa shape index (κ1) is 17.1. The van der Waals surface area contributed by atoms with E-state index in [2.05, 4.69) is 17.1 Å². The maximum Gasteiger partial charge on any atom is 0.240 e. The van der Waals surface area contributed by atoms with E-state index in [4.69, 9.17) is 9.47 Å². The van der Waals surface area contributed by atoms with Crippen molar-refractivity contribution in [2.24, 2.45) is 0 Å². The van der Waals surface area contributed by atoms with E-state index in [1.165, 1.54) is 0 Å². The summed E-state index contributed by atoms with van der Waals surface area (Å²) in [6, 6.07) is 7.77. The molecule has 0 saturated carbocycles. The fourth-order valence-corrected chi connectivity index (χ4v) is 3.79. The third kappa shape index (κ3) is 3.66. The molecular weight excluding hydrogens is 304 g/mol. The van der Waals surface area contributed by atoms with Crippen molar-refractivity contribution in [3.05, 3.63) is 24.3 Å². The highest BCUT2D eigenvalue weighted by molar-refractivity contribution is 5.87. The molecule has 1 spiro atoms. The third-order valence-electron chi connectivity index (χ3n) is 5.03. The molecule has 1 amide bonds. The van der Waals surface area contributed by atoms with Gasteiger partial charge in [0.1, 0.15) is 23.6 Å². The predicted octanol–water partition coefficient (Wildman–Crippen LogP) is 2.60.